The van der Waals surface area contributed by atoms with Crippen LogP contribution in [-0.2, 0) is 0 Å². The van der Waals surface area contributed by atoms with Gasteiger partial charge in [-0.3, -0.25) is 0 Å². The molecule has 5 heteroatoms. The highest BCUT2D eigenvalue weighted by Crippen LogP contribution is 2.22. The van der Waals surface area contributed by atoms with Gasteiger partial charge < -0.3 is 10.4 Å². The molecule has 1 atom stereocenters. The molecule has 0 saturated heterocycles. The van der Waals surface area contributed by atoms with Crippen molar-refractivity contribution in [1.82, 2.24) is 0 Å². The zero-order valence-corrected chi connectivity index (χ0v) is 9.39. The fourth-order valence-electron chi connectivity index (χ4n) is 1.07. The smallest absolute Gasteiger partial charge is 0.0842 e. The average molecular weight is 245 g/mol. The summed E-state index contributed by atoms with van der Waals surface area (Å²) in [6.45, 7) is 0.296. The SMILES string of the molecule is N#CCC(O)CNc1cc(Cl)cc(Cl)c1. The van der Waals surface area contributed by atoms with E-state index in [0.717, 1.165) is 5.69 Å². The van der Waals surface area contributed by atoms with Crippen LogP contribution in [-0.4, -0.2) is 17.8 Å². The van der Waals surface area contributed by atoms with E-state index in [2.05, 4.69) is 5.32 Å². The van der Waals surface area contributed by atoms with Crippen LogP contribution < -0.4 is 5.32 Å². The van der Waals surface area contributed by atoms with Gasteiger partial charge in [0.2, 0.25) is 0 Å². The molecule has 0 fully saturated rings. The number of aliphatic hydroxyl groups excluding tert-OH is 1. The molecule has 15 heavy (non-hydrogen) atoms. The Hall–Kier alpha value is -0.950. The number of hydrogen-bond donors (Lipinski definition) is 2. The van der Waals surface area contributed by atoms with Crippen LogP contribution in [0.25, 0.3) is 0 Å². The average Bonchev–Trinajstić information content (AvgIpc) is 2.14. The van der Waals surface area contributed by atoms with Crippen molar-refractivity contribution in [2.45, 2.75) is 12.5 Å². The molecule has 1 rings (SSSR count). The second kappa shape index (κ2) is 5.82. The van der Waals surface area contributed by atoms with E-state index in [-0.39, 0.29) is 6.42 Å². The van der Waals surface area contributed by atoms with E-state index in [0.29, 0.717) is 16.6 Å². The van der Waals surface area contributed by atoms with Crippen molar-refractivity contribution in [1.29, 1.82) is 5.26 Å². The van der Waals surface area contributed by atoms with Gasteiger partial charge in [-0.25, -0.2) is 0 Å². The second-order valence-electron chi connectivity index (χ2n) is 3.06. The molecule has 2 N–H and O–H groups in total. The van der Waals surface area contributed by atoms with E-state index in [9.17, 15) is 5.11 Å². The highest BCUT2D eigenvalue weighted by Gasteiger charge is 2.03. The molecule has 0 amide bonds. The predicted octanol–water partition coefficient (Wildman–Crippen LogP) is 2.68. The largest absolute Gasteiger partial charge is 0.390 e. The molecule has 0 aliphatic carbocycles. The number of hydrogen-bond acceptors (Lipinski definition) is 3. The summed E-state index contributed by atoms with van der Waals surface area (Å²) in [4.78, 5) is 0. The number of anilines is 1. The van der Waals surface area contributed by atoms with Gasteiger partial charge in [0, 0.05) is 22.3 Å². The molecule has 0 bridgehead atoms. The van der Waals surface area contributed by atoms with Crippen LogP contribution in [0, 0.1) is 11.3 Å². The monoisotopic (exact) mass is 244 g/mol. The Balaban J connectivity index is 2.54. The van der Waals surface area contributed by atoms with Gasteiger partial charge in [0.1, 0.15) is 0 Å². The summed E-state index contributed by atoms with van der Waals surface area (Å²) < 4.78 is 0. The van der Waals surface area contributed by atoms with Gasteiger partial charge in [0.25, 0.3) is 0 Å². The minimum Gasteiger partial charge on any atom is -0.390 e. The fourth-order valence-corrected chi connectivity index (χ4v) is 1.60. The van der Waals surface area contributed by atoms with Crippen molar-refractivity contribution in [3.63, 3.8) is 0 Å². The summed E-state index contributed by atoms with van der Waals surface area (Å²) >= 11 is 11.6. The molecule has 0 radical (unpaired) electrons. The lowest BCUT2D eigenvalue weighted by Crippen LogP contribution is -2.18. The molecule has 1 unspecified atom stereocenters. The highest BCUT2D eigenvalue weighted by atomic mass is 35.5. The summed E-state index contributed by atoms with van der Waals surface area (Å²) in [6, 6.07) is 6.91. The summed E-state index contributed by atoms with van der Waals surface area (Å²) in [5.74, 6) is 0. The Morgan fingerprint density at radius 1 is 1.33 bits per heavy atom. The molecular weight excluding hydrogens is 235 g/mol. The van der Waals surface area contributed by atoms with E-state index in [1.54, 1.807) is 18.2 Å². The lowest BCUT2D eigenvalue weighted by molar-refractivity contribution is 0.193. The summed E-state index contributed by atoms with van der Waals surface area (Å²) in [5.41, 5.74) is 0.726. The number of rotatable bonds is 4. The van der Waals surface area contributed by atoms with E-state index in [4.69, 9.17) is 28.5 Å². The standard InChI is InChI=1S/C10H10Cl2N2O/c11-7-3-8(12)5-9(4-7)14-6-10(15)1-2-13/h3-5,10,14-15H,1,6H2. The first kappa shape index (κ1) is 12.1. The summed E-state index contributed by atoms with van der Waals surface area (Å²) in [6.07, 6.45) is -0.589. The predicted molar refractivity (Wildman–Crippen MR) is 61.2 cm³/mol. The van der Waals surface area contributed by atoms with Gasteiger partial charge in [-0.1, -0.05) is 23.2 Å². The first-order valence-corrected chi connectivity index (χ1v) is 5.12. The third kappa shape index (κ3) is 4.39. The third-order valence-electron chi connectivity index (χ3n) is 1.73. The molecule has 0 saturated carbocycles. The first-order valence-electron chi connectivity index (χ1n) is 4.37. The number of nitriles is 1. The number of aliphatic hydroxyl groups is 1. The van der Waals surface area contributed by atoms with Gasteiger partial charge >= 0.3 is 0 Å². The van der Waals surface area contributed by atoms with E-state index >= 15 is 0 Å². The van der Waals surface area contributed by atoms with Gasteiger partial charge in [-0.15, -0.1) is 0 Å². The van der Waals surface area contributed by atoms with Gasteiger partial charge in [0.15, 0.2) is 0 Å². The quantitative estimate of drug-likeness (QED) is 0.857. The molecule has 0 heterocycles. The van der Waals surface area contributed by atoms with Gasteiger partial charge in [-0.05, 0) is 18.2 Å². The Labute approximate surface area is 98.2 Å². The molecule has 0 aliphatic rings. The molecule has 1 aromatic carbocycles. The molecule has 0 spiro atoms. The van der Waals surface area contributed by atoms with Crippen LogP contribution in [0.3, 0.4) is 0 Å². The minimum atomic E-state index is -0.687. The topological polar surface area (TPSA) is 56.0 Å². The van der Waals surface area contributed by atoms with Gasteiger partial charge in [-0.2, -0.15) is 5.26 Å². The normalized spacial score (nSPS) is 11.9. The number of benzene rings is 1. The molecule has 80 valence electrons. The Morgan fingerprint density at radius 3 is 2.47 bits per heavy atom. The third-order valence-corrected chi connectivity index (χ3v) is 2.17. The molecular formula is C10H10Cl2N2O. The Morgan fingerprint density at radius 2 is 1.93 bits per heavy atom. The van der Waals surface area contributed by atoms with E-state index < -0.39 is 6.10 Å². The zero-order valence-electron chi connectivity index (χ0n) is 7.87. The van der Waals surface area contributed by atoms with Crippen molar-refractivity contribution in [2.24, 2.45) is 0 Å². The minimum absolute atomic E-state index is 0.0985. The maximum Gasteiger partial charge on any atom is 0.0842 e. The first-order chi connectivity index (χ1) is 7.11. The van der Waals surface area contributed by atoms with Gasteiger partial charge in [0.05, 0.1) is 18.6 Å². The number of nitrogens with zero attached hydrogens (tertiary/aromatic N) is 1. The zero-order chi connectivity index (χ0) is 11.3. The van der Waals surface area contributed by atoms with Crippen LogP contribution in [0.5, 0.6) is 0 Å². The lowest BCUT2D eigenvalue weighted by Gasteiger charge is -2.10. The molecule has 3 nitrogen and oxygen atoms in total. The van der Waals surface area contributed by atoms with Crippen LogP contribution in [0.1, 0.15) is 6.42 Å². The van der Waals surface area contributed by atoms with Crippen molar-refractivity contribution in [3.8, 4) is 6.07 Å². The maximum atomic E-state index is 9.30. The van der Waals surface area contributed by atoms with Crippen molar-refractivity contribution >= 4 is 28.9 Å². The number of halogens is 2. The van der Waals surface area contributed by atoms with Crippen LogP contribution in [0.4, 0.5) is 5.69 Å². The second-order valence-corrected chi connectivity index (χ2v) is 3.93. The maximum absolute atomic E-state index is 9.30. The fraction of sp³-hybridized carbons (Fsp3) is 0.300. The molecule has 1 aromatic rings. The Kier molecular flexibility index (Phi) is 4.70. The summed E-state index contributed by atoms with van der Waals surface area (Å²) in [5, 5.41) is 21.6. The molecule has 0 aromatic heterocycles. The van der Waals surface area contributed by atoms with Crippen molar-refractivity contribution < 1.29 is 5.11 Å². The van der Waals surface area contributed by atoms with Crippen LogP contribution in [0.15, 0.2) is 18.2 Å². The Bertz CT molecular complexity index is 356. The summed E-state index contributed by atoms with van der Waals surface area (Å²) in [7, 11) is 0. The highest BCUT2D eigenvalue weighted by molar-refractivity contribution is 6.35. The van der Waals surface area contributed by atoms with Crippen LogP contribution >= 0.6 is 23.2 Å². The molecule has 0 aliphatic heterocycles. The van der Waals surface area contributed by atoms with Crippen LogP contribution in [0.2, 0.25) is 10.0 Å². The van der Waals surface area contributed by atoms with Crippen molar-refractivity contribution in [3.05, 3.63) is 28.2 Å². The number of nitrogens with one attached hydrogen (secondary N) is 1. The van der Waals surface area contributed by atoms with E-state index in [1.165, 1.54) is 0 Å². The lowest BCUT2D eigenvalue weighted by atomic mass is 10.2. The van der Waals surface area contributed by atoms with E-state index in [1.807, 2.05) is 6.07 Å². The van der Waals surface area contributed by atoms with Crippen molar-refractivity contribution in [2.75, 3.05) is 11.9 Å².